The molecule has 0 bridgehead atoms. The molecular weight excluding hydrogens is 472 g/mol. The molecule has 32 heavy (non-hydrogen) atoms. The number of halogens is 1. The van der Waals surface area contributed by atoms with Gasteiger partial charge in [0.05, 0.1) is 5.41 Å². The normalized spacial score (nSPS) is 22.4. The zero-order valence-electron chi connectivity index (χ0n) is 18.5. The molecule has 1 saturated heterocycles. The topological polar surface area (TPSA) is 75.7 Å². The van der Waals surface area contributed by atoms with E-state index in [1.54, 1.807) is 23.1 Å². The van der Waals surface area contributed by atoms with E-state index in [2.05, 4.69) is 21.2 Å². The van der Waals surface area contributed by atoms with E-state index >= 15 is 0 Å². The Kier molecular flexibility index (Phi) is 5.88. The van der Waals surface area contributed by atoms with Crippen LogP contribution in [-0.2, 0) is 16.0 Å². The van der Waals surface area contributed by atoms with Crippen molar-refractivity contribution in [2.75, 3.05) is 18.4 Å². The lowest BCUT2D eigenvalue weighted by molar-refractivity contribution is -0.115. The SMILES string of the molecule is CC(C)(C)OC(=O)N1CCC(Cc2ccccc2)(C(=O)c2ccc3c(c2)C(Br)C(=O)N3)C1. The lowest BCUT2D eigenvalue weighted by atomic mass is 9.74. The van der Waals surface area contributed by atoms with Crippen molar-refractivity contribution in [3.63, 3.8) is 0 Å². The zero-order valence-corrected chi connectivity index (χ0v) is 20.1. The second kappa shape index (κ2) is 8.35. The minimum absolute atomic E-state index is 0.0192. The summed E-state index contributed by atoms with van der Waals surface area (Å²) in [5.74, 6) is -0.158. The molecule has 2 aliphatic heterocycles. The number of carbonyl (C=O) groups excluding carboxylic acids is 3. The molecule has 2 unspecified atom stereocenters. The summed E-state index contributed by atoms with van der Waals surface area (Å²) in [6, 6.07) is 15.2. The van der Waals surface area contributed by atoms with Crippen molar-refractivity contribution in [1.82, 2.24) is 4.90 Å². The van der Waals surface area contributed by atoms with E-state index in [4.69, 9.17) is 4.74 Å². The van der Waals surface area contributed by atoms with Crippen molar-refractivity contribution in [2.24, 2.45) is 5.41 Å². The number of rotatable bonds is 4. The number of carbonyl (C=O) groups is 3. The van der Waals surface area contributed by atoms with Crippen LogP contribution in [0.4, 0.5) is 10.5 Å². The van der Waals surface area contributed by atoms with Crippen molar-refractivity contribution in [3.8, 4) is 0 Å². The first-order valence-corrected chi connectivity index (χ1v) is 11.7. The maximum atomic E-state index is 13.9. The number of anilines is 1. The Hall–Kier alpha value is -2.67. The van der Waals surface area contributed by atoms with Gasteiger partial charge in [0.2, 0.25) is 5.91 Å². The van der Waals surface area contributed by atoms with Crippen LogP contribution in [0.2, 0.25) is 0 Å². The molecule has 2 aliphatic rings. The Morgan fingerprint density at radius 1 is 1.19 bits per heavy atom. The third kappa shape index (κ3) is 4.44. The van der Waals surface area contributed by atoms with Crippen LogP contribution in [0.15, 0.2) is 48.5 Å². The van der Waals surface area contributed by atoms with E-state index in [0.717, 1.165) is 11.1 Å². The average molecular weight is 499 g/mol. The Morgan fingerprint density at radius 2 is 1.91 bits per heavy atom. The molecular formula is C25H27BrN2O4. The van der Waals surface area contributed by atoms with Crippen molar-refractivity contribution in [1.29, 1.82) is 0 Å². The van der Waals surface area contributed by atoms with Crippen LogP contribution in [0.5, 0.6) is 0 Å². The Balaban J connectivity index is 1.66. The monoisotopic (exact) mass is 498 g/mol. The van der Waals surface area contributed by atoms with Crippen LogP contribution < -0.4 is 5.32 Å². The fraction of sp³-hybridized carbons (Fsp3) is 0.400. The quantitative estimate of drug-likeness (QED) is 0.468. The summed E-state index contributed by atoms with van der Waals surface area (Å²) in [5, 5.41) is 2.81. The van der Waals surface area contributed by atoms with Crippen LogP contribution in [0.3, 0.4) is 0 Å². The largest absolute Gasteiger partial charge is 0.444 e. The Bertz CT molecular complexity index is 1060. The third-order valence-corrected chi connectivity index (χ3v) is 6.86. The molecule has 2 aromatic rings. The van der Waals surface area contributed by atoms with Gasteiger partial charge in [-0.25, -0.2) is 4.79 Å². The van der Waals surface area contributed by atoms with Gasteiger partial charge in [-0.05, 0) is 62.9 Å². The molecule has 2 amide bonds. The second-order valence-corrected chi connectivity index (χ2v) is 10.5. The number of nitrogens with one attached hydrogen (secondary N) is 1. The molecule has 0 spiro atoms. The number of benzene rings is 2. The molecule has 2 atom stereocenters. The summed E-state index contributed by atoms with van der Waals surface area (Å²) in [6.07, 6.45) is 0.675. The van der Waals surface area contributed by atoms with Crippen molar-refractivity contribution >= 4 is 39.4 Å². The standard InChI is InChI=1S/C25H27BrN2O4/c1-24(2,3)32-23(31)28-12-11-25(15-28,14-16-7-5-4-6-8-16)21(29)17-9-10-19-18(13-17)20(26)22(30)27-19/h4-10,13,20H,11-12,14-15H2,1-3H3,(H,27,30). The predicted molar refractivity (Wildman–Crippen MR) is 126 cm³/mol. The summed E-state index contributed by atoms with van der Waals surface area (Å²) in [4.78, 5) is 39.8. The molecule has 0 saturated carbocycles. The molecule has 1 fully saturated rings. The number of Topliss-reactive ketones (excluding diaryl/α,β-unsaturated/α-hetero) is 1. The number of hydrogen-bond acceptors (Lipinski definition) is 4. The highest BCUT2D eigenvalue weighted by atomic mass is 79.9. The predicted octanol–water partition coefficient (Wildman–Crippen LogP) is 5.13. The lowest BCUT2D eigenvalue weighted by Crippen LogP contribution is -2.40. The Morgan fingerprint density at radius 3 is 2.59 bits per heavy atom. The zero-order chi connectivity index (χ0) is 23.1. The highest BCUT2D eigenvalue weighted by Crippen LogP contribution is 2.41. The highest BCUT2D eigenvalue weighted by molar-refractivity contribution is 9.09. The van der Waals surface area contributed by atoms with Crippen LogP contribution in [-0.4, -0.2) is 41.4 Å². The summed E-state index contributed by atoms with van der Waals surface area (Å²) >= 11 is 3.40. The molecule has 168 valence electrons. The maximum absolute atomic E-state index is 13.9. The fourth-order valence-electron chi connectivity index (χ4n) is 4.42. The first-order chi connectivity index (χ1) is 15.1. The molecule has 6 nitrogen and oxygen atoms in total. The van der Waals surface area contributed by atoms with Crippen LogP contribution in [0.1, 0.15) is 53.5 Å². The number of fused-ring (bicyclic) bond motifs is 1. The van der Waals surface area contributed by atoms with Crippen LogP contribution in [0, 0.1) is 5.41 Å². The van der Waals surface area contributed by atoms with E-state index in [9.17, 15) is 14.4 Å². The number of alkyl halides is 1. The summed E-state index contributed by atoms with van der Waals surface area (Å²) in [6.45, 7) is 6.25. The molecule has 0 aromatic heterocycles. The summed E-state index contributed by atoms with van der Waals surface area (Å²) < 4.78 is 5.56. The van der Waals surface area contributed by atoms with Gasteiger partial charge in [0.1, 0.15) is 10.4 Å². The van der Waals surface area contributed by atoms with Gasteiger partial charge in [0, 0.05) is 24.3 Å². The van der Waals surface area contributed by atoms with E-state index in [1.165, 1.54) is 0 Å². The number of amides is 2. The lowest BCUT2D eigenvalue weighted by Gasteiger charge is -2.29. The number of ether oxygens (including phenoxy) is 1. The maximum Gasteiger partial charge on any atom is 0.410 e. The number of ketones is 1. The number of likely N-dealkylation sites (tertiary alicyclic amines) is 1. The number of hydrogen-bond donors (Lipinski definition) is 1. The highest BCUT2D eigenvalue weighted by Gasteiger charge is 2.47. The van der Waals surface area contributed by atoms with Gasteiger partial charge in [0.15, 0.2) is 5.78 Å². The average Bonchev–Trinajstić information content (AvgIpc) is 3.29. The van der Waals surface area contributed by atoms with Gasteiger partial charge in [-0.3, -0.25) is 9.59 Å². The van der Waals surface area contributed by atoms with Crippen LogP contribution in [0.25, 0.3) is 0 Å². The molecule has 4 rings (SSSR count). The van der Waals surface area contributed by atoms with Gasteiger partial charge in [-0.2, -0.15) is 0 Å². The van der Waals surface area contributed by atoms with Gasteiger partial charge in [0.25, 0.3) is 0 Å². The third-order valence-electron chi connectivity index (χ3n) is 5.95. The minimum atomic E-state index is -0.760. The van der Waals surface area contributed by atoms with E-state index < -0.39 is 21.9 Å². The van der Waals surface area contributed by atoms with E-state index in [0.29, 0.717) is 37.2 Å². The molecule has 1 N–H and O–H groups in total. The molecule has 0 radical (unpaired) electrons. The smallest absolute Gasteiger partial charge is 0.410 e. The van der Waals surface area contributed by atoms with Gasteiger partial charge in [-0.1, -0.05) is 46.3 Å². The summed E-state index contributed by atoms with van der Waals surface area (Å²) in [5.41, 5.74) is 1.71. The van der Waals surface area contributed by atoms with Crippen molar-refractivity contribution < 1.29 is 19.1 Å². The van der Waals surface area contributed by atoms with Crippen molar-refractivity contribution in [2.45, 2.75) is 44.0 Å². The molecule has 2 heterocycles. The number of nitrogens with zero attached hydrogens (tertiary/aromatic N) is 1. The van der Waals surface area contributed by atoms with Crippen LogP contribution >= 0.6 is 15.9 Å². The van der Waals surface area contributed by atoms with Gasteiger partial charge >= 0.3 is 6.09 Å². The first-order valence-electron chi connectivity index (χ1n) is 10.7. The van der Waals surface area contributed by atoms with Gasteiger partial charge in [-0.15, -0.1) is 0 Å². The van der Waals surface area contributed by atoms with E-state index in [1.807, 2.05) is 51.1 Å². The summed E-state index contributed by atoms with van der Waals surface area (Å²) in [7, 11) is 0. The fourth-order valence-corrected chi connectivity index (χ4v) is 4.92. The molecule has 2 aromatic carbocycles. The second-order valence-electron chi connectivity index (χ2n) is 9.58. The van der Waals surface area contributed by atoms with E-state index in [-0.39, 0.29) is 11.7 Å². The van der Waals surface area contributed by atoms with Gasteiger partial charge < -0.3 is 15.0 Å². The van der Waals surface area contributed by atoms with Crippen molar-refractivity contribution in [3.05, 3.63) is 65.2 Å². The Labute approximate surface area is 196 Å². The molecule has 0 aliphatic carbocycles. The first kappa shape index (κ1) is 22.5. The molecule has 7 heteroatoms. The minimum Gasteiger partial charge on any atom is -0.444 e.